The molecule has 1 unspecified atom stereocenters. The molecule has 3 heterocycles. The van der Waals surface area contributed by atoms with Crippen molar-refractivity contribution >= 4 is 22.1 Å². The molecule has 3 aromatic heterocycles. The van der Waals surface area contributed by atoms with Gasteiger partial charge in [-0.05, 0) is 84.3 Å². The third-order valence-electron chi connectivity index (χ3n) is 6.69. The highest BCUT2D eigenvalue weighted by Gasteiger charge is 2.22. The minimum Gasteiger partial charge on any atom is -0.438 e. The molecule has 5 rings (SSSR count). The van der Waals surface area contributed by atoms with Crippen molar-refractivity contribution in [3.8, 4) is 22.5 Å². The van der Waals surface area contributed by atoms with Crippen LogP contribution in [-0.4, -0.2) is 9.97 Å². The maximum atomic E-state index is 8.96. The Bertz CT molecular complexity index is 1520. The van der Waals surface area contributed by atoms with Crippen LogP contribution in [0.1, 0.15) is 51.7 Å². The van der Waals surface area contributed by atoms with Crippen molar-refractivity contribution in [2.75, 3.05) is 0 Å². The molecule has 0 bridgehead atoms. The molecule has 0 radical (unpaired) electrons. The first-order valence-electron chi connectivity index (χ1n) is 11.9. The molecule has 2 aromatic carbocycles. The van der Waals surface area contributed by atoms with Gasteiger partial charge in [-0.25, -0.2) is 4.98 Å². The lowest BCUT2D eigenvalue weighted by molar-refractivity contribution is 0.339. The maximum absolute atomic E-state index is 8.96. The third-order valence-corrected chi connectivity index (χ3v) is 6.69. The molecule has 166 valence electrons. The topological polar surface area (TPSA) is 38.9 Å². The second-order valence-corrected chi connectivity index (χ2v) is 9.93. The van der Waals surface area contributed by atoms with Gasteiger partial charge in [-0.15, -0.1) is 0 Å². The van der Waals surface area contributed by atoms with Gasteiger partial charge in [0, 0.05) is 29.5 Å². The first kappa shape index (κ1) is 20.2. The summed E-state index contributed by atoms with van der Waals surface area (Å²) < 4.78 is 15.1. The van der Waals surface area contributed by atoms with Gasteiger partial charge in [0.05, 0.1) is 11.4 Å². The highest BCUT2D eigenvalue weighted by atomic mass is 16.3. The van der Waals surface area contributed by atoms with Crippen LogP contribution >= 0.6 is 0 Å². The van der Waals surface area contributed by atoms with Crippen molar-refractivity contribution in [3.05, 3.63) is 83.6 Å². The lowest BCUT2D eigenvalue weighted by Gasteiger charge is -2.27. The van der Waals surface area contributed by atoms with Gasteiger partial charge in [0.15, 0.2) is 0 Å². The molecule has 3 nitrogen and oxygen atoms in total. The summed E-state index contributed by atoms with van der Waals surface area (Å²) in [7, 11) is 0. The van der Waals surface area contributed by atoms with Gasteiger partial charge < -0.3 is 4.42 Å². The van der Waals surface area contributed by atoms with Crippen LogP contribution in [0, 0.1) is 19.3 Å². The van der Waals surface area contributed by atoms with Gasteiger partial charge in [-0.2, -0.15) is 0 Å². The number of pyridine rings is 2. The molecule has 1 atom stereocenters. The van der Waals surface area contributed by atoms with Crippen molar-refractivity contribution in [2.24, 2.45) is 5.41 Å². The fourth-order valence-electron chi connectivity index (χ4n) is 4.43. The molecule has 0 spiro atoms. The number of fused-ring (bicyclic) bond motifs is 3. The smallest absolute Gasteiger partial charge is 0.227 e. The van der Waals surface area contributed by atoms with E-state index in [9.17, 15) is 0 Å². The van der Waals surface area contributed by atoms with Crippen molar-refractivity contribution in [3.63, 3.8) is 0 Å². The second-order valence-electron chi connectivity index (χ2n) is 9.93. The largest absolute Gasteiger partial charge is 0.438 e. The molecule has 33 heavy (non-hydrogen) atoms. The Morgan fingerprint density at radius 3 is 2.36 bits per heavy atom. The number of aromatic nitrogens is 2. The summed E-state index contributed by atoms with van der Waals surface area (Å²) in [6, 6.07) is 20.6. The Balaban J connectivity index is 1.61. The Hall–Kier alpha value is -3.46. The van der Waals surface area contributed by atoms with Crippen LogP contribution in [-0.2, 0) is 0 Å². The van der Waals surface area contributed by atoms with Crippen LogP contribution in [0.15, 0.2) is 71.3 Å². The van der Waals surface area contributed by atoms with Crippen LogP contribution in [0.3, 0.4) is 0 Å². The SMILES string of the molecule is [2H]C(C)(c1ccnc(-c2ccc3oc4nc(-c5c(C)cccc5C)ccc4c3c2)c1)C(C)(C)C. The number of aryl methyl sites for hydroxylation is 2. The highest BCUT2D eigenvalue weighted by Crippen LogP contribution is 2.37. The van der Waals surface area contributed by atoms with Gasteiger partial charge in [0.2, 0.25) is 5.71 Å². The summed E-state index contributed by atoms with van der Waals surface area (Å²) in [6.07, 6.45) is 1.80. The van der Waals surface area contributed by atoms with Crippen LogP contribution in [0.25, 0.3) is 44.6 Å². The number of hydrogen-bond acceptors (Lipinski definition) is 3. The van der Waals surface area contributed by atoms with E-state index in [4.69, 9.17) is 10.8 Å². The second kappa shape index (κ2) is 7.84. The van der Waals surface area contributed by atoms with Crippen LogP contribution in [0.2, 0.25) is 0 Å². The summed E-state index contributed by atoms with van der Waals surface area (Å²) >= 11 is 0. The average Bonchev–Trinajstić information content (AvgIpc) is 3.15. The van der Waals surface area contributed by atoms with E-state index in [-0.39, 0.29) is 5.41 Å². The minimum atomic E-state index is -0.731. The van der Waals surface area contributed by atoms with E-state index in [1.165, 1.54) is 11.1 Å². The molecule has 5 aromatic rings. The molecule has 0 fully saturated rings. The number of rotatable bonds is 3. The van der Waals surface area contributed by atoms with Gasteiger partial charge >= 0.3 is 0 Å². The third kappa shape index (κ3) is 3.82. The van der Waals surface area contributed by atoms with Crippen molar-refractivity contribution in [1.82, 2.24) is 9.97 Å². The molecule has 0 saturated carbocycles. The van der Waals surface area contributed by atoms with Crippen molar-refractivity contribution < 1.29 is 5.79 Å². The number of hydrogen-bond donors (Lipinski definition) is 0. The predicted octanol–water partition coefficient (Wildman–Crippen LogP) is 8.48. The summed E-state index contributed by atoms with van der Waals surface area (Å²) in [5.41, 5.74) is 8.55. The molecule has 0 aliphatic heterocycles. The fourth-order valence-corrected chi connectivity index (χ4v) is 4.43. The maximum Gasteiger partial charge on any atom is 0.227 e. The van der Waals surface area contributed by atoms with Gasteiger partial charge in [-0.1, -0.05) is 45.9 Å². The van der Waals surface area contributed by atoms with Gasteiger partial charge in [0.1, 0.15) is 5.58 Å². The van der Waals surface area contributed by atoms with Gasteiger partial charge in [-0.3, -0.25) is 4.98 Å². The Morgan fingerprint density at radius 2 is 1.64 bits per heavy atom. The van der Waals surface area contributed by atoms with E-state index in [1.807, 2.05) is 31.2 Å². The zero-order valence-electron chi connectivity index (χ0n) is 21.2. The standard InChI is InChI=1S/C30H30N2O/c1-18-8-7-9-19(2)28(18)25-12-11-23-24-16-22(10-13-27(24)33-29(23)32-25)26-17-21(14-15-31-26)20(3)30(4,5)6/h7-17,20H,1-6H3/i20D. The molecule has 0 aliphatic rings. The first-order chi connectivity index (χ1) is 16.1. The Labute approximate surface area is 196 Å². The highest BCUT2D eigenvalue weighted by molar-refractivity contribution is 6.05. The quantitative estimate of drug-likeness (QED) is 0.285. The monoisotopic (exact) mass is 435 g/mol. The number of benzene rings is 2. The average molecular weight is 436 g/mol. The molecule has 0 aliphatic carbocycles. The zero-order valence-corrected chi connectivity index (χ0v) is 20.2. The lowest BCUT2D eigenvalue weighted by atomic mass is 9.78. The predicted molar refractivity (Wildman–Crippen MR) is 138 cm³/mol. The van der Waals surface area contributed by atoms with Crippen LogP contribution in [0.4, 0.5) is 0 Å². The summed E-state index contributed by atoms with van der Waals surface area (Å²) in [5.74, 6) is -0.731. The first-order valence-corrected chi connectivity index (χ1v) is 11.4. The number of furan rings is 1. The van der Waals surface area contributed by atoms with Crippen LogP contribution in [0.5, 0.6) is 0 Å². The molecule has 0 saturated heterocycles. The van der Waals surface area contributed by atoms with Gasteiger partial charge in [0.25, 0.3) is 0 Å². The zero-order chi connectivity index (χ0) is 24.3. The summed E-state index contributed by atoms with van der Waals surface area (Å²) in [4.78, 5) is 9.49. The van der Waals surface area contributed by atoms with E-state index >= 15 is 0 Å². The molecule has 3 heteroatoms. The van der Waals surface area contributed by atoms with Crippen molar-refractivity contribution in [1.29, 1.82) is 0 Å². The normalized spacial score (nSPS) is 14.4. The van der Waals surface area contributed by atoms with E-state index in [0.29, 0.717) is 5.71 Å². The van der Waals surface area contributed by atoms with E-state index < -0.39 is 5.89 Å². The van der Waals surface area contributed by atoms with E-state index in [0.717, 1.165) is 44.4 Å². The number of nitrogens with zero attached hydrogens (tertiary/aromatic N) is 2. The van der Waals surface area contributed by atoms with E-state index in [2.05, 4.69) is 76.0 Å². The summed E-state index contributed by atoms with van der Waals surface area (Å²) in [6.45, 7) is 12.5. The molecule has 0 amide bonds. The van der Waals surface area contributed by atoms with Crippen molar-refractivity contribution in [2.45, 2.75) is 47.4 Å². The lowest BCUT2D eigenvalue weighted by Crippen LogP contribution is -2.15. The minimum absolute atomic E-state index is 0.199. The molecule has 0 N–H and O–H groups in total. The Kier molecular flexibility index (Phi) is 4.79. The fraction of sp³-hybridized carbons (Fsp3) is 0.267. The van der Waals surface area contributed by atoms with E-state index in [1.54, 1.807) is 6.20 Å². The van der Waals surface area contributed by atoms with Crippen LogP contribution < -0.4 is 0 Å². The molecular formula is C30H30N2O. The Morgan fingerprint density at radius 1 is 0.879 bits per heavy atom. The molecular weight excluding hydrogens is 404 g/mol. The summed E-state index contributed by atoms with van der Waals surface area (Å²) in [5, 5.41) is 2.01.